The van der Waals surface area contributed by atoms with Crippen molar-refractivity contribution in [3.05, 3.63) is 66.4 Å². The highest BCUT2D eigenvalue weighted by Crippen LogP contribution is 2.29. The summed E-state index contributed by atoms with van der Waals surface area (Å²) < 4.78 is 34.7. The standard InChI is InChI=1S/C21H17F2N5O2/c1-27(12-29)20-11-15(7-8-24-20)30-14-4-6-19-18(10-14)26-21(28(19)2)25-17-5-3-13(22)9-16(17)23/h3-12H,1-2H3,(H,25,26). The van der Waals surface area contributed by atoms with E-state index in [1.807, 2.05) is 6.07 Å². The van der Waals surface area contributed by atoms with Crippen molar-refractivity contribution in [2.45, 2.75) is 0 Å². The molecule has 0 spiro atoms. The zero-order valence-corrected chi connectivity index (χ0v) is 16.1. The Bertz CT molecular complexity index is 1240. The number of anilines is 3. The smallest absolute Gasteiger partial charge is 0.215 e. The highest BCUT2D eigenvalue weighted by molar-refractivity contribution is 5.81. The molecule has 0 radical (unpaired) electrons. The van der Waals surface area contributed by atoms with Crippen LogP contribution in [0.25, 0.3) is 11.0 Å². The fourth-order valence-corrected chi connectivity index (χ4v) is 2.91. The Balaban J connectivity index is 1.61. The van der Waals surface area contributed by atoms with Crippen molar-refractivity contribution in [3.8, 4) is 11.5 Å². The summed E-state index contributed by atoms with van der Waals surface area (Å²) in [5, 5.41) is 2.88. The van der Waals surface area contributed by atoms with Crippen molar-refractivity contribution in [2.75, 3.05) is 17.3 Å². The molecule has 4 rings (SSSR count). The molecule has 1 amide bonds. The predicted molar refractivity (Wildman–Crippen MR) is 109 cm³/mol. The molecule has 7 nitrogen and oxygen atoms in total. The van der Waals surface area contributed by atoms with Crippen molar-refractivity contribution in [2.24, 2.45) is 7.05 Å². The molecule has 30 heavy (non-hydrogen) atoms. The van der Waals surface area contributed by atoms with E-state index in [2.05, 4.69) is 15.3 Å². The Kier molecular flexibility index (Phi) is 5.01. The number of fused-ring (bicyclic) bond motifs is 1. The Labute approximate surface area is 170 Å². The minimum absolute atomic E-state index is 0.120. The molecule has 0 fully saturated rings. The van der Waals surface area contributed by atoms with Gasteiger partial charge in [0.25, 0.3) is 0 Å². The summed E-state index contributed by atoms with van der Waals surface area (Å²) in [5.74, 6) is 0.533. The van der Waals surface area contributed by atoms with Crippen LogP contribution in [0.1, 0.15) is 0 Å². The lowest BCUT2D eigenvalue weighted by molar-refractivity contribution is -0.107. The number of benzene rings is 2. The summed E-state index contributed by atoms with van der Waals surface area (Å²) in [6.45, 7) is 0. The van der Waals surface area contributed by atoms with Gasteiger partial charge in [-0.3, -0.25) is 4.79 Å². The van der Waals surface area contributed by atoms with Gasteiger partial charge in [0.05, 0.1) is 16.7 Å². The molecular weight excluding hydrogens is 392 g/mol. The van der Waals surface area contributed by atoms with Gasteiger partial charge in [-0.1, -0.05) is 0 Å². The lowest BCUT2D eigenvalue weighted by Gasteiger charge is -2.11. The maximum absolute atomic E-state index is 14.0. The molecule has 2 aromatic heterocycles. The quantitative estimate of drug-likeness (QED) is 0.479. The number of aryl methyl sites for hydroxylation is 1. The first-order valence-corrected chi connectivity index (χ1v) is 8.95. The van der Waals surface area contributed by atoms with Gasteiger partial charge in [-0.15, -0.1) is 0 Å². The number of hydrogen-bond acceptors (Lipinski definition) is 5. The largest absolute Gasteiger partial charge is 0.457 e. The summed E-state index contributed by atoms with van der Waals surface area (Å²) in [7, 11) is 3.38. The van der Waals surface area contributed by atoms with Crippen molar-refractivity contribution in [1.29, 1.82) is 0 Å². The second-order valence-electron chi connectivity index (χ2n) is 6.56. The fraction of sp³-hybridized carbons (Fsp3) is 0.0952. The third-order valence-corrected chi connectivity index (χ3v) is 4.50. The zero-order valence-electron chi connectivity index (χ0n) is 16.1. The molecule has 0 aliphatic rings. The highest BCUT2D eigenvalue weighted by atomic mass is 19.1. The van der Waals surface area contributed by atoms with Crippen LogP contribution in [-0.2, 0) is 11.8 Å². The van der Waals surface area contributed by atoms with Crippen molar-refractivity contribution < 1.29 is 18.3 Å². The highest BCUT2D eigenvalue weighted by Gasteiger charge is 2.12. The van der Waals surface area contributed by atoms with E-state index in [0.717, 1.165) is 11.6 Å². The molecule has 1 N–H and O–H groups in total. The molecular formula is C21H17F2N5O2. The van der Waals surface area contributed by atoms with Gasteiger partial charge in [0, 0.05) is 38.5 Å². The Morgan fingerprint density at radius 1 is 1.10 bits per heavy atom. The molecule has 0 unspecified atom stereocenters. The van der Waals surface area contributed by atoms with Crippen LogP contribution in [0.2, 0.25) is 0 Å². The Morgan fingerprint density at radius 3 is 2.67 bits per heavy atom. The Morgan fingerprint density at radius 2 is 1.90 bits per heavy atom. The number of ether oxygens (including phenoxy) is 1. The topological polar surface area (TPSA) is 72.3 Å². The number of nitrogens with zero attached hydrogens (tertiary/aromatic N) is 4. The Hall–Kier alpha value is -4.01. The second-order valence-corrected chi connectivity index (χ2v) is 6.56. The number of rotatable bonds is 6. The molecule has 9 heteroatoms. The van der Waals surface area contributed by atoms with Gasteiger partial charge in [-0.2, -0.15) is 0 Å². The van der Waals surface area contributed by atoms with E-state index in [4.69, 9.17) is 4.74 Å². The minimum atomic E-state index is -0.708. The van der Waals surface area contributed by atoms with Gasteiger partial charge in [0.15, 0.2) is 0 Å². The number of nitrogens with one attached hydrogen (secondary N) is 1. The summed E-state index contributed by atoms with van der Waals surface area (Å²) in [4.78, 5) is 20.8. The molecule has 0 atom stereocenters. The summed E-state index contributed by atoms with van der Waals surface area (Å²) in [6, 6.07) is 11.9. The number of halogens is 2. The van der Waals surface area contributed by atoms with Gasteiger partial charge < -0.3 is 19.5 Å². The molecule has 0 aliphatic heterocycles. The van der Waals surface area contributed by atoms with E-state index in [9.17, 15) is 13.6 Å². The van der Waals surface area contributed by atoms with Crippen LogP contribution in [0.5, 0.6) is 11.5 Å². The number of imidazole rings is 1. The molecule has 0 bridgehead atoms. The summed E-state index contributed by atoms with van der Waals surface area (Å²) >= 11 is 0. The van der Waals surface area contributed by atoms with Gasteiger partial charge in [-0.05, 0) is 30.3 Å². The third kappa shape index (κ3) is 3.77. The molecule has 4 aromatic rings. The van der Waals surface area contributed by atoms with Gasteiger partial charge in [-0.25, -0.2) is 18.7 Å². The fourth-order valence-electron chi connectivity index (χ4n) is 2.91. The average Bonchev–Trinajstić information content (AvgIpc) is 3.04. The molecule has 2 heterocycles. The van der Waals surface area contributed by atoms with Gasteiger partial charge in [0.1, 0.15) is 29.0 Å². The van der Waals surface area contributed by atoms with Crippen LogP contribution in [0.15, 0.2) is 54.7 Å². The number of amides is 1. The summed E-state index contributed by atoms with van der Waals surface area (Å²) in [6.07, 6.45) is 2.20. The minimum Gasteiger partial charge on any atom is -0.457 e. The molecule has 0 saturated heterocycles. The molecule has 0 saturated carbocycles. The second kappa shape index (κ2) is 7.78. The van der Waals surface area contributed by atoms with E-state index >= 15 is 0 Å². The van der Waals surface area contributed by atoms with Crippen molar-refractivity contribution >= 4 is 34.9 Å². The van der Waals surface area contributed by atoms with Gasteiger partial charge in [0.2, 0.25) is 12.4 Å². The van der Waals surface area contributed by atoms with Crippen LogP contribution in [0.3, 0.4) is 0 Å². The zero-order chi connectivity index (χ0) is 21.3. The van der Waals surface area contributed by atoms with Crippen LogP contribution >= 0.6 is 0 Å². The van der Waals surface area contributed by atoms with Crippen molar-refractivity contribution in [1.82, 2.24) is 14.5 Å². The van der Waals surface area contributed by atoms with E-state index in [0.29, 0.717) is 35.2 Å². The number of aromatic nitrogens is 3. The first kappa shape index (κ1) is 19.3. The number of carbonyl (C=O) groups excluding carboxylic acids is 1. The predicted octanol–water partition coefficient (Wildman–Crippen LogP) is 4.38. The van der Waals surface area contributed by atoms with E-state index in [1.165, 1.54) is 17.0 Å². The summed E-state index contributed by atoms with van der Waals surface area (Å²) in [5.41, 5.74) is 1.54. The average molecular weight is 409 g/mol. The van der Waals surface area contributed by atoms with Crippen LogP contribution in [-0.4, -0.2) is 28.0 Å². The maximum Gasteiger partial charge on any atom is 0.215 e. The first-order chi connectivity index (χ1) is 14.4. The normalized spacial score (nSPS) is 10.8. The maximum atomic E-state index is 14.0. The van der Waals surface area contributed by atoms with E-state index in [1.54, 1.807) is 49.1 Å². The van der Waals surface area contributed by atoms with Crippen LogP contribution in [0.4, 0.5) is 26.2 Å². The van der Waals surface area contributed by atoms with E-state index < -0.39 is 11.6 Å². The van der Waals surface area contributed by atoms with Crippen LogP contribution < -0.4 is 15.0 Å². The third-order valence-electron chi connectivity index (χ3n) is 4.50. The number of hydrogen-bond donors (Lipinski definition) is 1. The number of carbonyl (C=O) groups is 1. The van der Waals surface area contributed by atoms with E-state index in [-0.39, 0.29) is 5.69 Å². The number of pyridine rings is 1. The van der Waals surface area contributed by atoms with Gasteiger partial charge >= 0.3 is 0 Å². The molecule has 2 aromatic carbocycles. The first-order valence-electron chi connectivity index (χ1n) is 8.95. The lowest BCUT2D eigenvalue weighted by Crippen LogP contribution is -2.14. The lowest BCUT2D eigenvalue weighted by atomic mass is 10.3. The molecule has 0 aliphatic carbocycles. The van der Waals surface area contributed by atoms with Crippen LogP contribution in [0, 0.1) is 11.6 Å². The monoisotopic (exact) mass is 409 g/mol. The SMILES string of the molecule is CN(C=O)c1cc(Oc2ccc3c(c2)nc(Nc2ccc(F)cc2F)n3C)ccn1. The van der Waals surface area contributed by atoms with Crippen molar-refractivity contribution in [3.63, 3.8) is 0 Å². The molecule has 152 valence electrons.